The van der Waals surface area contributed by atoms with Crippen molar-refractivity contribution in [3.8, 4) is 5.75 Å². The third-order valence-corrected chi connectivity index (χ3v) is 2.19. The van der Waals surface area contributed by atoms with Crippen LogP contribution in [0, 0.1) is 0 Å². The van der Waals surface area contributed by atoms with Crippen LogP contribution in [0.1, 0.15) is 5.56 Å². The summed E-state index contributed by atoms with van der Waals surface area (Å²) in [4.78, 5) is 3.04. The first kappa shape index (κ1) is 8.13. The maximum Gasteiger partial charge on any atom is 0.139 e. The van der Waals surface area contributed by atoms with Crippen molar-refractivity contribution in [3.63, 3.8) is 0 Å². The van der Waals surface area contributed by atoms with Gasteiger partial charge in [-0.05, 0) is 24.6 Å². The normalized spacial score (nSPS) is 10.8. The van der Waals surface area contributed by atoms with E-state index in [1.54, 1.807) is 6.07 Å². The highest BCUT2D eigenvalue weighted by atomic mass is 16.3. The van der Waals surface area contributed by atoms with Crippen molar-refractivity contribution in [3.05, 3.63) is 30.0 Å². The minimum atomic E-state index is 0.292. The van der Waals surface area contributed by atoms with Crippen molar-refractivity contribution in [1.82, 2.24) is 4.98 Å². The van der Waals surface area contributed by atoms with Crippen LogP contribution in [-0.2, 0) is 6.42 Å². The van der Waals surface area contributed by atoms with Gasteiger partial charge < -0.3 is 15.8 Å². The van der Waals surface area contributed by atoms with Gasteiger partial charge >= 0.3 is 0 Å². The molecule has 1 heterocycles. The highest BCUT2D eigenvalue weighted by molar-refractivity contribution is 5.88. The number of phenolic OH excluding ortho intramolecular Hbond substituents is 1. The summed E-state index contributed by atoms with van der Waals surface area (Å²) < 4.78 is 0. The summed E-state index contributed by atoms with van der Waals surface area (Å²) in [6, 6.07) is 5.49. The van der Waals surface area contributed by atoms with Gasteiger partial charge in [-0.15, -0.1) is 0 Å². The fourth-order valence-electron chi connectivity index (χ4n) is 1.56. The molecule has 1 aromatic heterocycles. The fraction of sp³-hybridized carbons (Fsp3) is 0.200. The number of fused-ring (bicyclic) bond motifs is 1. The summed E-state index contributed by atoms with van der Waals surface area (Å²) in [5, 5.41) is 10.6. The number of aromatic hydroxyl groups is 1. The summed E-state index contributed by atoms with van der Waals surface area (Å²) in [7, 11) is 0. The lowest BCUT2D eigenvalue weighted by molar-refractivity contribution is 0.480. The van der Waals surface area contributed by atoms with Gasteiger partial charge in [0.25, 0.3) is 0 Å². The topological polar surface area (TPSA) is 62.0 Å². The zero-order valence-corrected chi connectivity index (χ0v) is 7.25. The molecule has 0 amide bonds. The highest BCUT2D eigenvalue weighted by Crippen LogP contribution is 2.25. The van der Waals surface area contributed by atoms with E-state index in [-0.39, 0.29) is 0 Å². The second kappa shape index (κ2) is 3.11. The third kappa shape index (κ3) is 1.27. The van der Waals surface area contributed by atoms with Gasteiger partial charge in [-0.1, -0.05) is 12.1 Å². The van der Waals surface area contributed by atoms with Crippen molar-refractivity contribution in [2.45, 2.75) is 6.42 Å². The Morgan fingerprint density at radius 2 is 2.23 bits per heavy atom. The van der Waals surface area contributed by atoms with E-state index < -0.39 is 0 Å². The average molecular weight is 176 g/mol. The first-order chi connectivity index (χ1) is 6.33. The van der Waals surface area contributed by atoms with E-state index in [9.17, 15) is 5.11 Å². The summed E-state index contributed by atoms with van der Waals surface area (Å²) in [5.74, 6) is 0.292. The van der Waals surface area contributed by atoms with Crippen LogP contribution in [0.15, 0.2) is 24.4 Å². The summed E-state index contributed by atoms with van der Waals surface area (Å²) in [5.41, 5.74) is 7.43. The number of hydrogen-bond acceptors (Lipinski definition) is 2. The van der Waals surface area contributed by atoms with Gasteiger partial charge in [-0.2, -0.15) is 0 Å². The predicted molar refractivity (Wildman–Crippen MR) is 52.7 cm³/mol. The fourth-order valence-corrected chi connectivity index (χ4v) is 1.56. The molecule has 0 unspecified atom stereocenters. The molecule has 0 saturated carbocycles. The van der Waals surface area contributed by atoms with Gasteiger partial charge in [0.15, 0.2) is 0 Å². The second-order valence-electron chi connectivity index (χ2n) is 3.05. The number of benzene rings is 1. The van der Waals surface area contributed by atoms with Gasteiger partial charge in [0.1, 0.15) is 5.75 Å². The minimum Gasteiger partial charge on any atom is -0.506 e. The van der Waals surface area contributed by atoms with Crippen LogP contribution in [0.3, 0.4) is 0 Å². The zero-order chi connectivity index (χ0) is 9.26. The zero-order valence-electron chi connectivity index (χ0n) is 7.25. The average Bonchev–Trinajstić information content (AvgIpc) is 2.51. The maximum absolute atomic E-state index is 9.49. The van der Waals surface area contributed by atoms with E-state index in [0.717, 1.165) is 22.9 Å². The first-order valence-corrected chi connectivity index (χ1v) is 4.31. The molecule has 3 nitrogen and oxygen atoms in total. The number of nitrogens with one attached hydrogen (secondary N) is 1. The van der Waals surface area contributed by atoms with Crippen LogP contribution < -0.4 is 5.73 Å². The van der Waals surface area contributed by atoms with Gasteiger partial charge in [-0.25, -0.2) is 0 Å². The Morgan fingerprint density at radius 3 is 3.00 bits per heavy atom. The van der Waals surface area contributed by atoms with Crippen molar-refractivity contribution in [1.29, 1.82) is 0 Å². The number of hydrogen-bond donors (Lipinski definition) is 3. The van der Waals surface area contributed by atoms with E-state index in [1.807, 2.05) is 18.3 Å². The smallest absolute Gasteiger partial charge is 0.139 e. The van der Waals surface area contributed by atoms with Crippen molar-refractivity contribution in [2.24, 2.45) is 5.73 Å². The monoisotopic (exact) mass is 176 g/mol. The van der Waals surface area contributed by atoms with Crippen LogP contribution in [0.5, 0.6) is 5.75 Å². The number of aromatic nitrogens is 1. The lowest BCUT2D eigenvalue weighted by atomic mass is 10.1. The van der Waals surface area contributed by atoms with E-state index in [4.69, 9.17) is 5.73 Å². The Labute approximate surface area is 76.2 Å². The molecule has 0 aliphatic carbocycles. The van der Waals surface area contributed by atoms with E-state index >= 15 is 0 Å². The standard InChI is InChI=1S/C10H12N2O/c11-5-4-7-6-12-10-8(7)2-1-3-9(10)13/h1-3,6,12-13H,4-5,11H2. The molecule has 1 aromatic carbocycles. The maximum atomic E-state index is 9.49. The highest BCUT2D eigenvalue weighted by Gasteiger charge is 2.04. The number of nitrogens with two attached hydrogens (primary N) is 1. The molecule has 0 bridgehead atoms. The molecule has 0 radical (unpaired) electrons. The number of para-hydroxylation sites is 1. The van der Waals surface area contributed by atoms with Gasteiger partial charge in [-0.3, -0.25) is 0 Å². The van der Waals surface area contributed by atoms with Crippen LogP contribution in [0.2, 0.25) is 0 Å². The Hall–Kier alpha value is -1.48. The molecule has 2 aromatic rings. The molecular formula is C10H12N2O. The second-order valence-corrected chi connectivity index (χ2v) is 3.05. The van der Waals surface area contributed by atoms with Gasteiger partial charge in [0.2, 0.25) is 0 Å². The Kier molecular flexibility index (Phi) is 1.94. The Balaban J connectivity index is 2.61. The molecule has 3 heteroatoms. The first-order valence-electron chi connectivity index (χ1n) is 4.31. The SMILES string of the molecule is NCCc1c[nH]c2c(O)cccc12. The summed E-state index contributed by atoms with van der Waals surface area (Å²) in [6.45, 7) is 0.628. The molecular weight excluding hydrogens is 164 g/mol. The summed E-state index contributed by atoms with van der Waals surface area (Å²) in [6.07, 6.45) is 2.74. The summed E-state index contributed by atoms with van der Waals surface area (Å²) >= 11 is 0. The quantitative estimate of drug-likeness (QED) is 0.647. The largest absolute Gasteiger partial charge is 0.506 e. The Morgan fingerprint density at radius 1 is 1.38 bits per heavy atom. The number of H-pyrrole nitrogens is 1. The molecule has 0 fully saturated rings. The molecule has 68 valence electrons. The molecule has 0 saturated heterocycles. The molecule has 0 atom stereocenters. The van der Waals surface area contributed by atoms with Crippen LogP contribution in [0.25, 0.3) is 10.9 Å². The van der Waals surface area contributed by atoms with Gasteiger partial charge in [0.05, 0.1) is 5.52 Å². The van der Waals surface area contributed by atoms with Crippen LogP contribution in [0.4, 0.5) is 0 Å². The number of rotatable bonds is 2. The molecule has 0 aliphatic heterocycles. The molecule has 13 heavy (non-hydrogen) atoms. The molecule has 0 spiro atoms. The molecule has 4 N–H and O–H groups in total. The van der Waals surface area contributed by atoms with Crippen LogP contribution in [-0.4, -0.2) is 16.6 Å². The van der Waals surface area contributed by atoms with E-state index in [1.165, 1.54) is 0 Å². The van der Waals surface area contributed by atoms with Crippen molar-refractivity contribution in [2.75, 3.05) is 6.54 Å². The molecule has 0 aliphatic rings. The Bertz CT molecular complexity index is 420. The number of aromatic amines is 1. The van der Waals surface area contributed by atoms with E-state index in [2.05, 4.69) is 4.98 Å². The van der Waals surface area contributed by atoms with Crippen molar-refractivity contribution < 1.29 is 5.11 Å². The van der Waals surface area contributed by atoms with Gasteiger partial charge in [0, 0.05) is 11.6 Å². The van der Waals surface area contributed by atoms with E-state index in [0.29, 0.717) is 12.3 Å². The van der Waals surface area contributed by atoms with Crippen molar-refractivity contribution >= 4 is 10.9 Å². The minimum absolute atomic E-state index is 0.292. The lowest BCUT2D eigenvalue weighted by Gasteiger charge is -1.96. The predicted octanol–water partition coefficient (Wildman–Crippen LogP) is 1.37. The third-order valence-electron chi connectivity index (χ3n) is 2.19. The lowest BCUT2D eigenvalue weighted by Crippen LogP contribution is -2.01. The molecule has 2 rings (SSSR count). The number of phenols is 1. The van der Waals surface area contributed by atoms with Crippen LogP contribution >= 0.6 is 0 Å².